The minimum absolute atomic E-state index is 0.00314. The molecule has 2 rings (SSSR count). The molecule has 2 amide bonds. The molecule has 0 saturated carbocycles. The lowest BCUT2D eigenvalue weighted by Gasteiger charge is -2.37. The Hall–Kier alpha value is -1.49. The highest BCUT2D eigenvalue weighted by Gasteiger charge is 2.29. The zero-order chi connectivity index (χ0) is 14.8. The van der Waals surface area contributed by atoms with Crippen LogP contribution in [0.15, 0.2) is 24.3 Å². The molecule has 1 aromatic carbocycles. The number of thioether (sulfide) groups is 1. The Kier molecular flexibility index (Phi) is 4.38. The number of hydrogen-bond acceptors (Lipinski definition) is 3. The maximum absolute atomic E-state index is 12.3. The SMILES string of the molecule is CC(=O)c1cccc(NC(=O)N2CCSC(C)(C)C2)c1. The predicted molar refractivity (Wildman–Crippen MR) is 83.6 cm³/mol. The summed E-state index contributed by atoms with van der Waals surface area (Å²) in [4.78, 5) is 25.4. The number of Topliss-reactive ketones (excluding diaryl/α,β-unsaturated/α-hetero) is 1. The Morgan fingerprint density at radius 1 is 1.35 bits per heavy atom. The Balaban J connectivity index is 2.04. The van der Waals surface area contributed by atoms with Gasteiger partial charge < -0.3 is 10.2 Å². The van der Waals surface area contributed by atoms with E-state index < -0.39 is 0 Å². The normalized spacial score (nSPS) is 17.6. The summed E-state index contributed by atoms with van der Waals surface area (Å²) in [5.41, 5.74) is 1.27. The molecule has 5 heteroatoms. The van der Waals surface area contributed by atoms with Crippen LogP contribution in [0, 0.1) is 0 Å². The fourth-order valence-corrected chi connectivity index (χ4v) is 3.32. The van der Waals surface area contributed by atoms with Crippen molar-refractivity contribution >= 4 is 29.3 Å². The van der Waals surface area contributed by atoms with Gasteiger partial charge in [0.1, 0.15) is 0 Å². The molecule has 0 spiro atoms. The van der Waals surface area contributed by atoms with Gasteiger partial charge in [0.25, 0.3) is 0 Å². The zero-order valence-electron chi connectivity index (χ0n) is 12.1. The maximum Gasteiger partial charge on any atom is 0.321 e. The number of hydrogen-bond donors (Lipinski definition) is 1. The molecular weight excluding hydrogens is 272 g/mol. The van der Waals surface area contributed by atoms with Crippen LogP contribution >= 0.6 is 11.8 Å². The average molecular weight is 292 g/mol. The van der Waals surface area contributed by atoms with Crippen molar-refractivity contribution in [3.05, 3.63) is 29.8 Å². The number of ketones is 1. The van der Waals surface area contributed by atoms with E-state index in [1.807, 2.05) is 16.7 Å². The first-order chi connectivity index (χ1) is 9.37. The molecule has 1 aliphatic rings. The Labute approximate surface area is 123 Å². The van der Waals surface area contributed by atoms with Gasteiger partial charge in [0, 0.05) is 34.8 Å². The minimum atomic E-state index is -0.0981. The minimum Gasteiger partial charge on any atom is -0.322 e. The van der Waals surface area contributed by atoms with Gasteiger partial charge in [-0.15, -0.1) is 0 Å². The molecule has 1 heterocycles. The summed E-state index contributed by atoms with van der Waals surface area (Å²) >= 11 is 1.89. The van der Waals surface area contributed by atoms with Crippen molar-refractivity contribution in [1.29, 1.82) is 0 Å². The van der Waals surface area contributed by atoms with E-state index in [1.54, 1.807) is 24.3 Å². The molecule has 0 bridgehead atoms. The second kappa shape index (κ2) is 5.87. The maximum atomic E-state index is 12.3. The molecule has 4 nitrogen and oxygen atoms in total. The number of anilines is 1. The van der Waals surface area contributed by atoms with E-state index in [2.05, 4.69) is 19.2 Å². The number of rotatable bonds is 2. The Morgan fingerprint density at radius 2 is 2.10 bits per heavy atom. The third-order valence-corrected chi connectivity index (χ3v) is 4.53. The van der Waals surface area contributed by atoms with Gasteiger partial charge in [-0.3, -0.25) is 4.79 Å². The van der Waals surface area contributed by atoms with E-state index in [4.69, 9.17) is 0 Å². The lowest BCUT2D eigenvalue weighted by molar-refractivity contribution is 0.101. The second-order valence-electron chi connectivity index (χ2n) is 5.60. The molecule has 0 aromatic heterocycles. The molecule has 0 unspecified atom stereocenters. The quantitative estimate of drug-likeness (QED) is 0.851. The van der Waals surface area contributed by atoms with Crippen LogP contribution in [0.4, 0.5) is 10.5 Å². The van der Waals surface area contributed by atoms with Crippen LogP contribution in [0.1, 0.15) is 31.1 Å². The number of urea groups is 1. The van der Waals surface area contributed by atoms with E-state index in [1.165, 1.54) is 6.92 Å². The first-order valence-electron chi connectivity index (χ1n) is 6.68. The zero-order valence-corrected chi connectivity index (χ0v) is 12.9. The van der Waals surface area contributed by atoms with Crippen molar-refractivity contribution in [3.63, 3.8) is 0 Å². The van der Waals surface area contributed by atoms with Gasteiger partial charge in [0.05, 0.1) is 0 Å². The van der Waals surface area contributed by atoms with E-state index in [9.17, 15) is 9.59 Å². The van der Waals surface area contributed by atoms with Crippen LogP contribution in [0.25, 0.3) is 0 Å². The average Bonchev–Trinajstić information content (AvgIpc) is 2.37. The first kappa shape index (κ1) is 14.9. The van der Waals surface area contributed by atoms with Crippen molar-refractivity contribution in [1.82, 2.24) is 4.90 Å². The molecule has 1 aromatic rings. The van der Waals surface area contributed by atoms with Crippen LogP contribution in [0.3, 0.4) is 0 Å². The molecule has 0 radical (unpaired) electrons. The van der Waals surface area contributed by atoms with Crippen molar-refractivity contribution in [3.8, 4) is 0 Å². The monoisotopic (exact) mass is 292 g/mol. The van der Waals surface area contributed by atoms with Crippen molar-refractivity contribution < 1.29 is 9.59 Å². The highest BCUT2D eigenvalue weighted by Crippen LogP contribution is 2.29. The summed E-state index contributed by atoms with van der Waals surface area (Å²) in [6.07, 6.45) is 0. The summed E-state index contributed by atoms with van der Waals surface area (Å²) in [6, 6.07) is 6.94. The summed E-state index contributed by atoms with van der Waals surface area (Å²) in [7, 11) is 0. The fourth-order valence-electron chi connectivity index (χ4n) is 2.21. The highest BCUT2D eigenvalue weighted by molar-refractivity contribution is 8.00. The van der Waals surface area contributed by atoms with Crippen molar-refractivity contribution in [2.75, 3.05) is 24.2 Å². The number of carbonyl (C=O) groups excluding carboxylic acids is 2. The van der Waals surface area contributed by atoms with E-state index in [0.717, 1.165) is 18.8 Å². The number of benzene rings is 1. The summed E-state index contributed by atoms with van der Waals surface area (Å²) < 4.78 is 0.0941. The molecule has 1 fully saturated rings. The topological polar surface area (TPSA) is 49.4 Å². The molecule has 108 valence electrons. The van der Waals surface area contributed by atoms with Gasteiger partial charge in [0.15, 0.2) is 5.78 Å². The lowest BCUT2D eigenvalue weighted by atomic mass is 10.1. The van der Waals surface area contributed by atoms with Gasteiger partial charge in [0.2, 0.25) is 0 Å². The van der Waals surface area contributed by atoms with Crippen molar-refractivity contribution in [2.24, 2.45) is 0 Å². The summed E-state index contributed by atoms with van der Waals surface area (Å²) in [5, 5.41) is 2.87. The molecule has 1 aliphatic heterocycles. The standard InChI is InChI=1S/C15H20N2O2S/c1-11(18)12-5-4-6-13(9-12)16-14(19)17-7-8-20-15(2,3)10-17/h4-6,9H,7-8,10H2,1-3H3,(H,16,19). The Morgan fingerprint density at radius 3 is 2.75 bits per heavy atom. The van der Waals surface area contributed by atoms with Gasteiger partial charge in [-0.25, -0.2) is 4.79 Å². The van der Waals surface area contributed by atoms with Crippen LogP contribution in [-0.4, -0.2) is 40.3 Å². The molecular formula is C15H20N2O2S. The van der Waals surface area contributed by atoms with Gasteiger partial charge in [-0.05, 0) is 32.9 Å². The molecule has 1 N–H and O–H groups in total. The number of nitrogens with one attached hydrogen (secondary N) is 1. The van der Waals surface area contributed by atoms with Crippen LogP contribution in [0.5, 0.6) is 0 Å². The lowest BCUT2D eigenvalue weighted by Crippen LogP contribution is -2.47. The first-order valence-corrected chi connectivity index (χ1v) is 7.67. The highest BCUT2D eigenvalue weighted by atomic mass is 32.2. The molecule has 1 saturated heterocycles. The number of nitrogens with zero attached hydrogens (tertiary/aromatic N) is 1. The fraction of sp³-hybridized carbons (Fsp3) is 0.467. The van der Waals surface area contributed by atoms with E-state index in [-0.39, 0.29) is 16.6 Å². The van der Waals surface area contributed by atoms with Crippen LogP contribution < -0.4 is 5.32 Å². The largest absolute Gasteiger partial charge is 0.322 e. The van der Waals surface area contributed by atoms with E-state index >= 15 is 0 Å². The van der Waals surface area contributed by atoms with E-state index in [0.29, 0.717) is 11.3 Å². The predicted octanol–water partition coefficient (Wildman–Crippen LogP) is 3.25. The third kappa shape index (κ3) is 3.76. The number of amides is 2. The summed E-state index contributed by atoms with van der Waals surface area (Å²) in [6.45, 7) is 7.30. The van der Waals surface area contributed by atoms with Gasteiger partial charge >= 0.3 is 6.03 Å². The van der Waals surface area contributed by atoms with Crippen molar-refractivity contribution in [2.45, 2.75) is 25.5 Å². The Bertz CT molecular complexity index is 528. The molecule has 0 atom stereocenters. The molecule has 0 aliphatic carbocycles. The molecule has 20 heavy (non-hydrogen) atoms. The third-order valence-electron chi connectivity index (χ3n) is 3.23. The van der Waals surface area contributed by atoms with Crippen LogP contribution in [0.2, 0.25) is 0 Å². The van der Waals surface area contributed by atoms with Gasteiger partial charge in [-0.2, -0.15) is 11.8 Å². The number of carbonyl (C=O) groups is 2. The van der Waals surface area contributed by atoms with Gasteiger partial charge in [-0.1, -0.05) is 12.1 Å². The summed E-state index contributed by atoms with van der Waals surface area (Å²) in [5.74, 6) is 0.949. The van der Waals surface area contributed by atoms with Crippen LogP contribution in [-0.2, 0) is 0 Å². The second-order valence-corrected chi connectivity index (χ2v) is 7.40. The smallest absolute Gasteiger partial charge is 0.321 e.